The smallest absolute Gasteiger partial charge is 0.352 e. The van der Waals surface area contributed by atoms with E-state index in [0.717, 1.165) is 16.6 Å². The summed E-state index contributed by atoms with van der Waals surface area (Å²) in [6.07, 6.45) is 0. The molecule has 2 heterocycles. The standard InChI is InChI=1S/C13H9FN2O2/c14-8-1-2-9-7(5-8)6-12(15-9)10-3-4-11(16-10)13(17)18/h1-6,15-16H,(H,17,18). The lowest BCUT2D eigenvalue weighted by atomic mass is 10.2. The first kappa shape index (κ1) is 10.6. The molecule has 18 heavy (non-hydrogen) atoms. The number of hydrogen-bond donors (Lipinski definition) is 3. The number of nitrogens with one attached hydrogen (secondary N) is 2. The number of carbonyl (C=O) groups is 1. The van der Waals surface area contributed by atoms with E-state index in [-0.39, 0.29) is 11.5 Å². The second-order valence-electron chi connectivity index (χ2n) is 4.01. The molecule has 0 bridgehead atoms. The Morgan fingerprint density at radius 2 is 1.89 bits per heavy atom. The first-order chi connectivity index (χ1) is 8.63. The van der Waals surface area contributed by atoms with Gasteiger partial charge in [-0.25, -0.2) is 9.18 Å². The topological polar surface area (TPSA) is 68.9 Å². The Labute approximate surface area is 101 Å². The van der Waals surface area contributed by atoms with Crippen LogP contribution in [0.1, 0.15) is 10.5 Å². The molecule has 0 radical (unpaired) electrons. The van der Waals surface area contributed by atoms with Crippen LogP contribution in [-0.4, -0.2) is 21.0 Å². The molecule has 0 aliphatic rings. The van der Waals surface area contributed by atoms with Gasteiger partial charge in [0, 0.05) is 10.9 Å². The lowest BCUT2D eigenvalue weighted by Gasteiger charge is -1.92. The fourth-order valence-electron chi connectivity index (χ4n) is 1.93. The van der Waals surface area contributed by atoms with Crippen molar-refractivity contribution in [3.63, 3.8) is 0 Å². The van der Waals surface area contributed by atoms with Crippen molar-refractivity contribution in [1.82, 2.24) is 9.97 Å². The lowest BCUT2D eigenvalue weighted by Crippen LogP contribution is -1.95. The molecule has 0 amide bonds. The zero-order valence-corrected chi connectivity index (χ0v) is 9.20. The summed E-state index contributed by atoms with van der Waals surface area (Å²) < 4.78 is 13.1. The second kappa shape index (κ2) is 3.73. The molecule has 0 saturated carbocycles. The molecule has 4 nitrogen and oxygen atoms in total. The summed E-state index contributed by atoms with van der Waals surface area (Å²) in [6, 6.07) is 9.38. The van der Waals surface area contributed by atoms with E-state index < -0.39 is 5.97 Å². The summed E-state index contributed by atoms with van der Waals surface area (Å²) in [4.78, 5) is 16.7. The van der Waals surface area contributed by atoms with Crippen molar-refractivity contribution in [2.75, 3.05) is 0 Å². The van der Waals surface area contributed by atoms with Crippen molar-refractivity contribution in [2.45, 2.75) is 0 Å². The zero-order chi connectivity index (χ0) is 12.7. The van der Waals surface area contributed by atoms with Crippen molar-refractivity contribution in [1.29, 1.82) is 0 Å². The number of halogens is 1. The molecule has 3 rings (SSSR count). The Balaban J connectivity index is 2.10. The van der Waals surface area contributed by atoms with E-state index in [9.17, 15) is 9.18 Å². The van der Waals surface area contributed by atoms with Gasteiger partial charge in [0.25, 0.3) is 0 Å². The molecule has 0 aliphatic carbocycles. The van der Waals surface area contributed by atoms with E-state index in [0.29, 0.717) is 5.69 Å². The minimum atomic E-state index is -1.01. The Kier molecular flexibility index (Phi) is 2.19. The highest BCUT2D eigenvalue weighted by atomic mass is 19.1. The van der Waals surface area contributed by atoms with Gasteiger partial charge in [0.15, 0.2) is 0 Å². The van der Waals surface area contributed by atoms with Gasteiger partial charge in [-0.05, 0) is 36.4 Å². The maximum atomic E-state index is 13.1. The van der Waals surface area contributed by atoms with Gasteiger partial charge in [-0.3, -0.25) is 0 Å². The van der Waals surface area contributed by atoms with Gasteiger partial charge >= 0.3 is 5.97 Å². The normalized spacial score (nSPS) is 10.9. The molecule has 1 aromatic carbocycles. The second-order valence-corrected chi connectivity index (χ2v) is 4.01. The van der Waals surface area contributed by atoms with Crippen LogP contribution in [0.5, 0.6) is 0 Å². The van der Waals surface area contributed by atoms with Gasteiger partial charge in [0.05, 0.1) is 11.4 Å². The molecular formula is C13H9FN2O2. The number of aromatic carboxylic acids is 1. The molecule has 0 fully saturated rings. The first-order valence-electron chi connectivity index (χ1n) is 5.34. The summed E-state index contributed by atoms with van der Waals surface area (Å²) >= 11 is 0. The summed E-state index contributed by atoms with van der Waals surface area (Å²) in [6.45, 7) is 0. The van der Waals surface area contributed by atoms with Crippen LogP contribution in [-0.2, 0) is 0 Å². The summed E-state index contributed by atoms with van der Waals surface area (Å²) in [5.41, 5.74) is 2.31. The summed E-state index contributed by atoms with van der Waals surface area (Å²) in [5, 5.41) is 9.58. The van der Waals surface area contributed by atoms with Crippen LogP contribution >= 0.6 is 0 Å². The molecule has 0 aliphatic heterocycles. The number of carboxylic acid groups (broad SMARTS) is 1. The van der Waals surface area contributed by atoms with Crippen LogP contribution in [0.3, 0.4) is 0 Å². The van der Waals surface area contributed by atoms with Crippen molar-refractivity contribution >= 4 is 16.9 Å². The Hall–Kier alpha value is -2.56. The molecule has 3 aromatic rings. The molecule has 0 atom stereocenters. The molecule has 3 N–H and O–H groups in total. The number of aromatic nitrogens is 2. The van der Waals surface area contributed by atoms with Crippen molar-refractivity contribution in [2.24, 2.45) is 0 Å². The van der Waals surface area contributed by atoms with E-state index in [1.165, 1.54) is 18.2 Å². The van der Waals surface area contributed by atoms with E-state index in [4.69, 9.17) is 5.11 Å². The average Bonchev–Trinajstić information content (AvgIpc) is 2.93. The van der Waals surface area contributed by atoms with Gasteiger partial charge in [-0.1, -0.05) is 0 Å². The van der Waals surface area contributed by atoms with Crippen LogP contribution in [0.25, 0.3) is 22.3 Å². The van der Waals surface area contributed by atoms with Crippen molar-refractivity contribution in [3.05, 3.63) is 47.9 Å². The number of H-pyrrole nitrogens is 2. The predicted molar refractivity (Wildman–Crippen MR) is 65.0 cm³/mol. The van der Waals surface area contributed by atoms with Crippen LogP contribution in [0.15, 0.2) is 36.4 Å². The highest BCUT2D eigenvalue weighted by Crippen LogP contribution is 2.24. The van der Waals surface area contributed by atoms with E-state index in [2.05, 4.69) is 9.97 Å². The van der Waals surface area contributed by atoms with Gasteiger partial charge in [0.2, 0.25) is 0 Å². The first-order valence-corrected chi connectivity index (χ1v) is 5.34. The fraction of sp³-hybridized carbons (Fsp3) is 0. The highest BCUT2D eigenvalue weighted by molar-refractivity contribution is 5.88. The molecule has 90 valence electrons. The maximum absolute atomic E-state index is 13.1. The Morgan fingerprint density at radius 1 is 1.06 bits per heavy atom. The number of benzene rings is 1. The van der Waals surface area contributed by atoms with Gasteiger partial charge in [-0.2, -0.15) is 0 Å². The van der Waals surface area contributed by atoms with E-state index in [1.54, 1.807) is 18.2 Å². The van der Waals surface area contributed by atoms with Gasteiger partial charge < -0.3 is 15.1 Å². The number of carboxylic acids is 1. The van der Waals surface area contributed by atoms with Crippen molar-refractivity contribution < 1.29 is 14.3 Å². The molecular weight excluding hydrogens is 235 g/mol. The van der Waals surface area contributed by atoms with E-state index in [1.807, 2.05) is 0 Å². The number of rotatable bonds is 2. The van der Waals surface area contributed by atoms with Gasteiger partial charge in [0.1, 0.15) is 11.5 Å². The van der Waals surface area contributed by atoms with Crippen LogP contribution in [0, 0.1) is 5.82 Å². The summed E-state index contributed by atoms with van der Waals surface area (Å²) in [7, 11) is 0. The Morgan fingerprint density at radius 3 is 2.61 bits per heavy atom. The van der Waals surface area contributed by atoms with Gasteiger partial charge in [-0.15, -0.1) is 0 Å². The monoisotopic (exact) mass is 244 g/mol. The largest absolute Gasteiger partial charge is 0.477 e. The molecule has 0 spiro atoms. The third-order valence-electron chi connectivity index (χ3n) is 2.79. The average molecular weight is 244 g/mol. The minimum Gasteiger partial charge on any atom is -0.477 e. The van der Waals surface area contributed by atoms with Crippen LogP contribution < -0.4 is 0 Å². The van der Waals surface area contributed by atoms with Crippen LogP contribution in [0.4, 0.5) is 4.39 Å². The van der Waals surface area contributed by atoms with E-state index >= 15 is 0 Å². The Bertz CT molecular complexity index is 742. The predicted octanol–water partition coefficient (Wildman–Crippen LogP) is 3.00. The quantitative estimate of drug-likeness (QED) is 0.648. The molecule has 0 saturated heterocycles. The molecule has 2 aromatic heterocycles. The van der Waals surface area contributed by atoms with Crippen LogP contribution in [0.2, 0.25) is 0 Å². The molecule has 5 heteroatoms. The summed E-state index contributed by atoms with van der Waals surface area (Å²) in [5.74, 6) is -1.31. The number of fused-ring (bicyclic) bond motifs is 1. The zero-order valence-electron chi connectivity index (χ0n) is 9.20. The number of aromatic amines is 2. The molecule has 0 unspecified atom stereocenters. The maximum Gasteiger partial charge on any atom is 0.352 e. The third-order valence-corrected chi connectivity index (χ3v) is 2.79. The third kappa shape index (κ3) is 1.66. The lowest BCUT2D eigenvalue weighted by molar-refractivity contribution is 0.0691. The SMILES string of the molecule is O=C(O)c1ccc(-c2cc3cc(F)ccc3[nH]2)[nH]1. The van der Waals surface area contributed by atoms with Crippen molar-refractivity contribution in [3.8, 4) is 11.4 Å². The minimum absolute atomic E-state index is 0.120. The highest BCUT2D eigenvalue weighted by Gasteiger charge is 2.09. The number of hydrogen-bond acceptors (Lipinski definition) is 1. The fourth-order valence-corrected chi connectivity index (χ4v) is 1.93.